The number of rotatable bonds is 3. The summed E-state index contributed by atoms with van der Waals surface area (Å²) in [6.07, 6.45) is 3.62. The minimum atomic E-state index is 1.03. The molecule has 0 heterocycles. The fourth-order valence-corrected chi connectivity index (χ4v) is 0.782. The molecule has 0 atom stereocenters. The molecule has 0 spiro atoms. The van der Waals surface area contributed by atoms with E-state index in [0.717, 1.165) is 16.7 Å². The molecule has 0 aromatic carbocycles. The molecule has 10 heavy (non-hydrogen) atoms. The average Bonchev–Trinajstić information content (AvgIpc) is 1.88. The highest BCUT2D eigenvalue weighted by Gasteiger charge is 1.93. The summed E-state index contributed by atoms with van der Waals surface area (Å²) >= 11 is 0. The van der Waals surface area contributed by atoms with Crippen LogP contribution in [-0.2, 0) is 0 Å². The summed E-state index contributed by atoms with van der Waals surface area (Å²) < 4.78 is 0. The van der Waals surface area contributed by atoms with Gasteiger partial charge in [-0.05, 0) is 25.0 Å². The zero-order valence-corrected chi connectivity index (χ0v) is 6.78. The molecule has 0 aliphatic heterocycles. The first-order valence-electron chi connectivity index (χ1n) is 3.25. The minimum Gasteiger partial charge on any atom is -0.0988 e. The number of hydrogen-bond donors (Lipinski definition) is 0. The van der Waals surface area contributed by atoms with Crippen molar-refractivity contribution in [3.8, 4) is 0 Å². The van der Waals surface area contributed by atoms with Crippen LogP contribution in [0.5, 0.6) is 0 Å². The molecule has 0 unspecified atom stereocenters. The van der Waals surface area contributed by atoms with Gasteiger partial charge in [-0.1, -0.05) is 37.5 Å². The Morgan fingerprint density at radius 3 is 1.70 bits per heavy atom. The summed E-state index contributed by atoms with van der Waals surface area (Å²) in [4.78, 5) is 0. The highest BCUT2D eigenvalue weighted by atomic mass is 14.0. The topological polar surface area (TPSA) is 0 Å². The van der Waals surface area contributed by atoms with Crippen LogP contribution < -0.4 is 0 Å². The molecule has 0 saturated heterocycles. The van der Waals surface area contributed by atoms with Gasteiger partial charge in [-0.25, -0.2) is 0 Å². The molecule has 0 saturated carbocycles. The van der Waals surface area contributed by atoms with Crippen LogP contribution >= 0.6 is 0 Å². The van der Waals surface area contributed by atoms with Crippen LogP contribution in [0, 0.1) is 0 Å². The summed E-state index contributed by atoms with van der Waals surface area (Å²) in [5.41, 5.74) is 3.25. The van der Waals surface area contributed by atoms with Gasteiger partial charge in [0, 0.05) is 0 Å². The van der Waals surface area contributed by atoms with Crippen LogP contribution in [0.25, 0.3) is 0 Å². The Balaban J connectivity index is 4.79. The lowest BCUT2D eigenvalue weighted by Gasteiger charge is -2.02. The van der Waals surface area contributed by atoms with Crippen LogP contribution in [0.2, 0.25) is 0 Å². The molecule has 0 nitrogen and oxygen atoms in total. The fraction of sp³-hybridized carbons (Fsp3) is 0.200. The average molecular weight is 134 g/mol. The summed E-state index contributed by atoms with van der Waals surface area (Å²) in [5, 5.41) is 0. The Kier molecular flexibility index (Phi) is 3.48. The zero-order valence-electron chi connectivity index (χ0n) is 6.78. The Hall–Kier alpha value is -1.04. The van der Waals surface area contributed by atoms with Crippen LogP contribution in [0.15, 0.2) is 48.6 Å². The summed E-state index contributed by atoms with van der Waals surface area (Å²) in [5.74, 6) is 0. The van der Waals surface area contributed by atoms with E-state index in [0.29, 0.717) is 0 Å². The predicted octanol–water partition coefficient (Wildman–Crippen LogP) is 3.25. The summed E-state index contributed by atoms with van der Waals surface area (Å²) in [7, 11) is 0. The molecule has 0 N–H and O–H groups in total. The predicted molar refractivity (Wildman–Crippen MR) is 47.9 cm³/mol. The molecule has 0 aromatic heterocycles. The van der Waals surface area contributed by atoms with Crippen LogP contribution in [0.1, 0.15) is 13.8 Å². The molecule has 0 radical (unpaired) electrons. The zero-order chi connectivity index (χ0) is 8.15. The molecule has 0 fully saturated rings. The van der Waals surface area contributed by atoms with Gasteiger partial charge in [0.1, 0.15) is 0 Å². The Morgan fingerprint density at radius 2 is 1.60 bits per heavy atom. The van der Waals surface area contributed by atoms with Crippen molar-refractivity contribution in [2.75, 3.05) is 0 Å². The van der Waals surface area contributed by atoms with Gasteiger partial charge in [0.2, 0.25) is 0 Å². The van der Waals surface area contributed by atoms with Gasteiger partial charge in [-0.2, -0.15) is 0 Å². The highest BCUT2D eigenvalue weighted by Crippen LogP contribution is 2.13. The van der Waals surface area contributed by atoms with Crippen molar-refractivity contribution in [2.24, 2.45) is 0 Å². The smallest absolute Gasteiger partial charge is 0.0210 e. The van der Waals surface area contributed by atoms with Crippen LogP contribution in [0.4, 0.5) is 0 Å². The number of hydrogen-bond acceptors (Lipinski definition) is 0. The molecule has 0 rings (SSSR count). The van der Waals surface area contributed by atoms with Gasteiger partial charge >= 0.3 is 0 Å². The van der Waals surface area contributed by atoms with Crippen molar-refractivity contribution in [3.05, 3.63) is 48.6 Å². The third-order valence-corrected chi connectivity index (χ3v) is 1.39. The molecule has 0 heteroatoms. The monoisotopic (exact) mass is 134 g/mol. The van der Waals surface area contributed by atoms with Gasteiger partial charge in [0.25, 0.3) is 0 Å². The maximum atomic E-state index is 3.82. The summed E-state index contributed by atoms with van der Waals surface area (Å²) in [6.45, 7) is 15.1. The lowest BCUT2D eigenvalue weighted by molar-refractivity contribution is 1.36. The second-order valence-corrected chi connectivity index (χ2v) is 2.29. The van der Waals surface area contributed by atoms with Gasteiger partial charge < -0.3 is 0 Å². The van der Waals surface area contributed by atoms with Crippen molar-refractivity contribution in [3.63, 3.8) is 0 Å². The van der Waals surface area contributed by atoms with E-state index in [2.05, 4.69) is 19.7 Å². The summed E-state index contributed by atoms with van der Waals surface area (Å²) in [6, 6.07) is 0. The molecule has 0 amide bonds. The fourth-order valence-electron chi connectivity index (χ4n) is 0.782. The first kappa shape index (κ1) is 8.96. The third kappa shape index (κ3) is 2.06. The van der Waals surface area contributed by atoms with E-state index in [1.165, 1.54) is 0 Å². The molecule has 0 aliphatic carbocycles. The van der Waals surface area contributed by atoms with Crippen molar-refractivity contribution in [2.45, 2.75) is 13.8 Å². The maximum absolute atomic E-state index is 3.82. The van der Waals surface area contributed by atoms with E-state index >= 15 is 0 Å². The van der Waals surface area contributed by atoms with Crippen molar-refractivity contribution >= 4 is 0 Å². The standard InChI is InChI=1S/C10H14/c1-6-9(5)10(7-2)8(3)4/h6-7H,1-3H2,4-5H3. The van der Waals surface area contributed by atoms with Gasteiger partial charge in [-0.15, -0.1) is 0 Å². The van der Waals surface area contributed by atoms with E-state index in [1.807, 2.05) is 19.9 Å². The van der Waals surface area contributed by atoms with Gasteiger partial charge in [0.05, 0.1) is 0 Å². The normalized spacial score (nSPS) is 11.8. The quantitative estimate of drug-likeness (QED) is 0.520. The largest absolute Gasteiger partial charge is 0.0988 e. The van der Waals surface area contributed by atoms with Crippen molar-refractivity contribution in [1.82, 2.24) is 0 Å². The van der Waals surface area contributed by atoms with E-state index in [9.17, 15) is 0 Å². The van der Waals surface area contributed by atoms with Crippen LogP contribution in [0.3, 0.4) is 0 Å². The lowest BCUT2D eigenvalue weighted by Crippen LogP contribution is -1.82. The maximum Gasteiger partial charge on any atom is -0.0210 e. The SMILES string of the molecule is C=CC(C)=C(C=C)C(=C)C. The van der Waals surface area contributed by atoms with Gasteiger partial charge in [0.15, 0.2) is 0 Å². The van der Waals surface area contributed by atoms with E-state index in [-0.39, 0.29) is 0 Å². The van der Waals surface area contributed by atoms with Crippen molar-refractivity contribution in [1.29, 1.82) is 0 Å². The van der Waals surface area contributed by atoms with E-state index in [1.54, 1.807) is 6.08 Å². The van der Waals surface area contributed by atoms with Crippen LogP contribution in [-0.4, -0.2) is 0 Å². The molecule has 0 aliphatic rings. The second-order valence-electron chi connectivity index (χ2n) is 2.29. The van der Waals surface area contributed by atoms with E-state index in [4.69, 9.17) is 0 Å². The number of allylic oxidation sites excluding steroid dienone is 5. The molecule has 0 bridgehead atoms. The Morgan fingerprint density at radius 1 is 1.10 bits per heavy atom. The third-order valence-electron chi connectivity index (χ3n) is 1.39. The molecular weight excluding hydrogens is 120 g/mol. The van der Waals surface area contributed by atoms with Gasteiger partial charge in [-0.3, -0.25) is 0 Å². The van der Waals surface area contributed by atoms with E-state index < -0.39 is 0 Å². The Labute approximate surface area is 63.3 Å². The highest BCUT2D eigenvalue weighted by molar-refractivity contribution is 5.42. The Bertz CT molecular complexity index is 192. The van der Waals surface area contributed by atoms with Crippen molar-refractivity contribution < 1.29 is 0 Å². The minimum absolute atomic E-state index is 1.03. The molecule has 54 valence electrons. The second kappa shape index (κ2) is 3.89. The molecular formula is C10H14. The first-order valence-corrected chi connectivity index (χ1v) is 3.25. The lowest BCUT2D eigenvalue weighted by atomic mass is 10.0. The first-order chi connectivity index (χ1) is 4.63. The molecule has 0 aromatic rings.